The zero-order valence-corrected chi connectivity index (χ0v) is 20.1. The van der Waals surface area contributed by atoms with Gasteiger partial charge in [-0.3, -0.25) is 14.9 Å². The predicted molar refractivity (Wildman–Crippen MR) is 135 cm³/mol. The van der Waals surface area contributed by atoms with E-state index in [1.54, 1.807) is 0 Å². The normalized spacial score (nSPS) is 22.1. The van der Waals surface area contributed by atoms with E-state index in [9.17, 15) is 0 Å². The third kappa shape index (κ3) is 5.94. The van der Waals surface area contributed by atoms with E-state index in [1.165, 1.54) is 16.7 Å². The van der Waals surface area contributed by atoms with Crippen molar-refractivity contribution < 1.29 is 0 Å². The third-order valence-corrected chi connectivity index (χ3v) is 6.78. The van der Waals surface area contributed by atoms with Gasteiger partial charge in [-0.25, -0.2) is 0 Å². The zero-order chi connectivity index (χ0) is 22.2. The molecule has 1 saturated heterocycles. The van der Waals surface area contributed by atoms with Gasteiger partial charge in [-0.15, -0.1) is 0 Å². The summed E-state index contributed by atoms with van der Waals surface area (Å²) in [5.41, 5.74) is 5.08. The number of nitrogens with zero attached hydrogens (tertiary/aromatic N) is 4. The first-order chi connectivity index (χ1) is 15.1. The Morgan fingerprint density at radius 1 is 1.16 bits per heavy atom. The average molecular weight is 441 g/mol. The topological polar surface area (TPSA) is 31.2 Å². The first kappa shape index (κ1) is 23.9. The van der Waals surface area contributed by atoms with Crippen LogP contribution in [0.25, 0.3) is 0 Å². The molecule has 0 saturated carbocycles. The van der Waals surface area contributed by atoms with Gasteiger partial charge >= 0.3 is 0 Å². The molecule has 2 atom stereocenters. The molecule has 1 aliphatic carbocycles. The van der Waals surface area contributed by atoms with Crippen molar-refractivity contribution in [2.24, 2.45) is 9.98 Å². The zero-order valence-electron chi connectivity index (χ0n) is 19.4. The molecule has 2 aliphatic rings. The summed E-state index contributed by atoms with van der Waals surface area (Å²) < 4.78 is 0. The Morgan fingerprint density at radius 2 is 1.94 bits per heavy atom. The van der Waals surface area contributed by atoms with E-state index in [1.807, 2.05) is 38.4 Å². The van der Waals surface area contributed by atoms with E-state index in [0.29, 0.717) is 6.04 Å². The summed E-state index contributed by atoms with van der Waals surface area (Å²) >= 11 is 6.35. The molecular weight excluding hydrogens is 404 g/mol. The number of hydrogen-bond donors (Lipinski definition) is 0. The van der Waals surface area contributed by atoms with Crippen molar-refractivity contribution in [3.63, 3.8) is 0 Å². The number of hydrogen-bond acceptors (Lipinski definition) is 4. The molecule has 3 rings (SSSR count). The van der Waals surface area contributed by atoms with Gasteiger partial charge in [0.25, 0.3) is 0 Å². The molecule has 2 unspecified atom stereocenters. The highest BCUT2D eigenvalue weighted by atomic mass is 35.5. The van der Waals surface area contributed by atoms with Crippen molar-refractivity contribution in [3.05, 3.63) is 58.3 Å². The smallest absolute Gasteiger partial charge is 0.0782 e. The molecule has 1 fully saturated rings. The Labute approximate surface area is 193 Å². The van der Waals surface area contributed by atoms with E-state index < -0.39 is 0 Å². The van der Waals surface area contributed by atoms with Crippen molar-refractivity contribution >= 4 is 24.0 Å². The molecule has 4 nitrogen and oxygen atoms in total. The second-order valence-electron chi connectivity index (χ2n) is 8.38. The minimum absolute atomic E-state index is 0.161. The molecule has 0 amide bonds. The van der Waals surface area contributed by atoms with Crippen LogP contribution in [-0.4, -0.2) is 61.0 Å². The molecule has 0 radical (unpaired) electrons. The van der Waals surface area contributed by atoms with Crippen molar-refractivity contribution in [1.29, 1.82) is 0 Å². The van der Waals surface area contributed by atoms with Crippen LogP contribution in [0.15, 0.2) is 52.1 Å². The molecule has 0 N–H and O–H groups in total. The van der Waals surface area contributed by atoms with Gasteiger partial charge < -0.3 is 4.90 Å². The predicted octanol–water partition coefficient (Wildman–Crippen LogP) is 5.74. The minimum atomic E-state index is 0.161. The molecule has 168 valence electrons. The second-order valence-corrected chi connectivity index (χ2v) is 8.82. The van der Waals surface area contributed by atoms with Crippen LogP contribution >= 0.6 is 11.6 Å². The standard InChI is InChI=1S/C26H37ClN4/c1-5-20-9-10-21-19-22(27)11-12-24(21)26(25(20)29-8-4)31-17-15-30(16-18-31)14-13-23(6-2)28-7-3/h5,7-8,11-12,19,23,26H,1,6,9-10,13-18H2,2-4H3. The molecule has 31 heavy (non-hydrogen) atoms. The number of rotatable bonds is 8. The number of benzene rings is 1. The number of aliphatic imine (C=N–C) groups is 2. The van der Waals surface area contributed by atoms with Crippen LogP contribution < -0.4 is 0 Å². The maximum Gasteiger partial charge on any atom is 0.0782 e. The number of allylic oxidation sites excluding steroid dienone is 2. The quantitative estimate of drug-likeness (QED) is 0.483. The van der Waals surface area contributed by atoms with E-state index in [4.69, 9.17) is 16.6 Å². The Bertz CT molecular complexity index is 834. The SMILES string of the molecule is C=CC1=C(N=CC)C(N2CCN(CCC(CC)N=CC)CC2)c2ccc(Cl)cc2CC1. The van der Waals surface area contributed by atoms with Gasteiger partial charge in [0.1, 0.15) is 0 Å². The van der Waals surface area contributed by atoms with E-state index in [2.05, 4.69) is 40.4 Å². The van der Waals surface area contributed by atoms with Crippen LogP contribution in [0.3, 0.4) is 0 Å². The van der Waals surface area contributed by atoms with Crippen molar-refractivity contribution in [3.8, 4) is 0 Å². The minimum Gasteiger partial charge on any atom is -0.301 e. The van der Waals surface area contributed by atoms with Crippen LogP contribution in [0.2, 0.25) is 5.02 Å². The van der Waals surface area contributed by atoms with Crippen molar-refractivity contribution in [2.45, 2.75) is 58.5 Å². The summed E-state index contributed by atoms with van der Waals surface area (Å²) in [7, 11) is 0. The molecule has 1 aromatic carbocycles. The Hall–Kier alpha value is -1.75. The highest BCUT2D eigenvalue weighted by molar-refractivity contribution is 6.30. The summed E-state index contributed by atoms with van der Waals surface area (Å²) in [5.74, 6) is 0. The number of aryl methyl sites for hydroxylation is 1. The fourth-order valence-electron chi connectivity index (χ4n) is 4.82. The first-order valence-corrected chi connectivity index (χ1v) is 12.1. The Morgan fingerprint density at radius 3 is 2.58 bits per heavy atom. The van der Waals surface area contributed by atoms with Crippen LogP contribution in [0.5, 0.6) is 0 Å². The van der Waals surface area contributed by atoms with Crippen molar-refractivity contribution in [2.75, 3.05) is 32.7 Å². The number of piperazine rings is 1. The largest absolute Gasteiger partial charge is 0.301 e. The maximum atomic E-state index is 6.35. The molecule has 1 heterocycles. The number of fused-ring (bicyclic) bond motifs is 1. The molecule has 0 aromatic heterocycles. The molecule has 0 bridgehead atoms. The lowest BCUT2D eigenvalue weighted by molar-refractivity contribution is 0.105. The molecule has 1 aromatic rings. The van der Waals surface area contributed by atoms with E-state index in [-0.39, 0.29) is 6.04 Å². The Balaban J connectivity index is 1.80. The van der Waals surface area contributed by atoms with E-state index >= 15 is 0 Å². The van der Waals surface area contributed by atoms with Gasteiger partial charge in [-0.05, 0) is 74.6 Å². The molecule has 5 heteroatoms. The van der Waals surface area contributed by atoms with Gasteiger partial charge in [0, 0.05) is 44.0 Å². The monoisotopic (exact) mass is 440 g/mol. The second kappa shape index (κ2) is 11.8. The van der Waals surface area contributed by atoms with Gasteiger partial charge in [0.05, 0.1) is 17.8 Å². The number of halogens is 1. The first-order valence-electron chi connectivity index (χ1n) is 11.7. The fourth-order valence-corrected chi connectivity index (χ4v) is 5.01. The fraction of sp³-hybridized carbons (Fsp3) is 0.538. The van der Waals surface area contributed by atoms with E-state index in [0.717, 1.165) is 69.1 Å². The summed E-state index contributed by atoms with van der Waals surface area (Å²) in [4.78, 5) is 14.7. The molecular formula is C26H37ClN4. The van der Waals surface area contributed by atoms with Gasteiger partial charge in [0.2, 0.25) is 0 Å². The van der Waals surface area contributed by atoms with Crippen LogP contribution in [0, 0.1) is 0 Å². The van der Waals surface area contributed by atoms with Crippen LogP contribution in [0.4, 0.5) is 0 Å². The van der Waals surface area contributed by atoms with Gasteiger partial charge in [0.15, 0.2) is 0 Å². The lowest BCUT2D eigenvalue weighted by atomic mass is 9.96. The third-order valence-electron chi connectivity index (χ3n) is 6.55. The summed E-state index contributed by atoms with van der Waals surface area (Å²) in [6.07, 6.45) is 10.0. The lowest BCUT2D eigenvalue weighted by Gasteiger charge is -2.40. The van der Waals surface area contributed by atoms with Gasteiger partial charge in [-0.2, -0.15) is 0 Å². The maximum absolute atomic E-state index is 6.35. The van der Waals surface area contributed by atoms with Crippen LogP contribution in [0.1, 0.15) is 57.2 Å². The summed E-state index contributed by atoms with van der Waals surface area (Å²) in [5, 5.41) is 0.810. The highest BCUT2D eigenvalue weighted by Gasteiger charge is 2.32. The average Bonchev–Trinajstić information content (AvgIpc) is 2.93. The van der Waals surface area contributed by atoms with Crippen molar-refractivity contribution in [1.82, 2.24) is 9.80 Å². The summed E-state index contributed by atoms with van der Waals surface area (Å²) in [6, 6.07) is 6.98. The Kier molecular flexibility index (Phi) is 9.06. The molecule has 0 spiro atoms. The summed E-state index contributed by atoms with van der Waals surface area (Å²) in [6.45, 7) is 15.7. The van der Waals surface area contributed by atoms with Crippen LogP contribution in [-0.2, 0) is 6.42 Å². The van der Waals surface area contributed by atoms with Gasteiger partial charge in [-0.1, -0.05) is 37.2 Å². The molecule has 1 aliphatic heterocycles. The lowest BCUT2D eigenvalue weighted by Crippen LogP contribution is -2.48. The highest BCUT2D eigenvalue weighted by Crippen LogP contribution is 2.39.